The minimum atomic E-state index is -0.429. The SMILES string of the molecule is Cc1cccc(NC(=O)COc2ccc(Br)c(F)c2)c1. The molecule has 0 bridgehead atoms. The minimum absolute atomic E-state index is 0.172. The summed E-state index contributed by atoms with van der Waals surface area (Å²) < 4.78 is 18.9. The van der Waals surface area contributed by atoms with Crippen LogP contribution in [0.5, 0.6) is 5.75 Å². The predicted molar refractivity (Wildman–Crippen MR) is 79.4 cm³/mol. The number of halogens is 2. The fourth-order valence-electron chi connectivity index (χ4n) is 1.64. The summed E-state index contributed by atoms with van der Waals surface area (Å²) in [5.74, 6) is -0.411. The van der Waals surface area contributed by atoms with Gasteiger partial charge in [0.25, 0.3) is 5.91 Å². The molecule has 20 heavy (non-hydrogen) atoms. The van der Waals surface area contributed by atoms with E-state index in [9.17, 15) is 9.18 Å². The summed E-state index contributed by atoms with van der Waals surface area (Å²) in [4.78, 5) is 11.7. The molecule has 2 rings (SSSR count). The second-order valence-electron chi connectivity index (χ2n) is 4.28. The summed E-state index contributed by atoms with van der Waals surface area (Å²) in [6.45, 7) is 1.77. The van der Waals surface area contributed by atoms with Crippen LogP contribution in [-0.2, 0) is 4.79 Å². The lowest BCUT2D eigenvalue weighted by molar-refractivity contribution is -0.118. The summed E-state index contributed by atoms with van der Waals surface area (Å²) >= 11 is 3.05. The van der Waals surface area contributed by atoms with E-state index in [1.54, 1.807) is 12.1 Å². The second kappa shape index (κ2) is 6.52. The van der Waals surface area contributed by atoms with Crippen LogP contribution >= 0.6 is 15.9 Å². The number of carbonyl (C=O) groups is 1. The van der Waals surface area contributed by atoms with Crippen molar-refractivity contribution in [1.29, 1.82) is 0 Å². The largest absolute Gasteiger partial charge is 0.484 e. The Hall–Kier alpha value is -1.88. The van der Waals surface area contributed by atoms with Gasteiger partial charge in [-0.15, -0.1) is 0 Å². The molecule has 0 spiro atoms. The van der Waals surface area contributed by atoms with Crippen LogP contribution in [0.1, 0.15) is 5.56 Å². The molecule has 104 valence electrons. The molecule has 3 nitrogen and oxygen atoms in total. The first-order valence-corrected chi connectivity index (χ1v) is 6.78. The van der Waals surface area contributed by atoms with E-state index in [4.69, 9.17) is 4.74 Å². The molecule has 0 saturated carbocycles. The third kappa shape index (κ3) is 4.06. The van der Waals surface area contributed by atoms with Crippen molar-refractivity contribution < 1.29 is 13.9 Å². The van der Waals surface area contributed by atoms with Crippen LogP contribution in [0.3, 0.4) is 0 Å². The molecule has 0 atom stereocenters. The maximum atomic E-state index is 13.3. The molecule has 1 amide bonds. The Kier molecular flexibility index (Phi) is 4.74. The zero-order chi connectivity index (χ0) is 14.5. The number of aryl methyl sites for hydroxylation is 1. The molecule has 2 aromatic rings. The van der Waals surface area contributed by atoms with Crippen molar-refractivity contribution in [2.75, 3.05) is 11.9 Å². The number of benzene rings is 2. The van der Waals surface area contributed by atoms with Gasteiger partial charge in [0.05, 0.1) is 4.47 Å². The van der Waals surface area contributed by atoms with E-state index in [0.717, 1.165) is 5.56 Å². The lowest BCUT2D eigenvalue weighted by Gasteiger charge is -2.08. The van der Waals surface area contributed by atoms with Gasteiger partial charge in [-0.25, -0.2) is 4.39 Å². The van der Waals surface area contributed by atoms with Gasteiger partial charge in [0.2, 0.25) is 0 Å². The molecular formula is C15H13BrFNO2. The van der Waals surface area contributed by atoms with E-state index in [0.29, 0.717) is 15.9 Å². The van der Waals surface area contributed by atoms with Crippen molar-refractivity contribution in [1.82, 2.24) is 0 Å². The highest BCUT2D eigenvalue weighted by atomic mass is 79.9. The number of carbonyl (C=O) groups excluding carboxylic acids is 1. The normalized spacial score (nSPS) is 10.2. The molecule has 0 aliphatic carbocycles. The molecule has 2 aromatic carbocycles. The first-order valence-electron chi connectivity index (χ1n) is 5.99. The van der Waals surface area contributed by atoms with Gasteiger partial charge >= 0.3 is 0 Å². The summed E-state index contributed by atoms with van der Waals surface area (Å²) in [5.41, 5.74) is 1.76. The van der Waals surface area contributed by atoms with E-state index >= 15 is 0 Å². The van der Waals surface area contributed by atoms with Crippen molar-refractivity contribution in [3.63, 3.8) is 0 Å². The van der Waals surface area contributed by atoms with Gasteiger partial charge in [-0.05, 0) is 52.7 Å². The third-order valence-electron chi connectivity index (χ3n) is 2.56. The van der Waals surface area contributed by atoms with Crippen LogP contribution in [0.4, 0.5) is 10.1 Å². The molecule has 0 radical (unpaired) electrons. The van der Waals surface area contributed by atoms with Gasteiger partial charge in [0, 0.05) is 11.8 Å². The smallest absolute Gasteiger partial charge is 0.262 e. The molecule has 0 fully saturated rings. The molecule has 0 unspecified atom stereocenters. The maximum Gasteiger partial charge on any atom is 0.262 e. The van der Waals surface area contributed by atoms with Crippen molar-refractivity contribution in [2.24, 2.45) is 0 Å². The van der Waals surface area contributed by atoms with Gasteiger partial charge in [0.15, 0.2) is 6.61 Å². The highest BCUT2D eigenvalue weighted by molar-refractivity contribution is 9.10. The maximum absolute atomic E-state index is 13.3. The average Bonchev–Trinajstić information content (AvgIpc) is 2.40. The van der Waals surface area contributed by atoms with Crippen LogP contribution in [0.25, 0.3) is 0 Å². The lowest BCUT2D eigenvalue weighted by atomic mass is 10.2. The van der Waals surface area contributed by atoms with E-state index in [1.807, 2.05) is 25.1 Å². The monoisotopic (exact) mass is 337 g/mol. The summed E-state index contributed by atoms with van der Waals surface area (Å²) in [6, 6.07) is 11.8. The molecule has 0 aliphatic heterocycles. The molecule has 0 heterocycles. The summed E-state index contributed by atoms with van der Waals surface area (Å²) in [5, 5.41) is 2.71. The Labute approximate surface area is 124 Å². The zero-order valence-electron chi connectivity index (χ0n) is 10.8. The zero-order valence-corrected chi connectivity index (χ0v) is 12.4. The number of nitrogens with one attached hydrogen (secondary N) is 1. The van der Waals surface area contributed by atoms with Crippen molar-refractivity contribution in [2.45, 2.75) is 6.92 Å². The Balaban J connectivity index is 1.90. The molecule has 0 aliphatic rings. The van der Waals surface area contributed by atoms with Gasteiger partial charge in [-0.3, -0.25) is 4.79 Å². The second-order valence-corrected chi connectivity index (χ2v) is 5.14. The molecule has 0 aromatic heterocycles. The number of ether oxygens (including phenoxy) is 1. The van der Waals surface area contributed by atoms with Crippen LogP contribution < -0.4 is 10.1 Å². The standard InChI is InChI=1S/C15H13BrFNO2/c1-10-3-2-4-11(7-10)18-15(19)9-20-12-5-6-13(16)14(17)8-12/h2-8H,9H2,1H3,(H,18,19). The average molecular weight is 338 g/mol. The fraction of sp³-hybridized carbons (Fsp3) is 0.133. The van der Waals surface area contributed by atoms with Crippen molar-refractivity contribution in [3.05, 3.63) is 58.3 Å². The Morgan fingerprint density at radius 3 is 2.80 bits per heavy atom. The number of hydrogen-bond acceptors (Lipinski definition) is 2. The minimum Gasteiger partial charge on any atom is -0.484 e. The summed E-state index contributed by atoms with van der Waals surface area (Å²) in [6.07, 6.45) is 0. The predicted octanol–water partition coefficient (Wildman–Crippen LogP) is 3.91. The third-order valence-corrected chi connectivity index (χ3v) is 3.21. The van der Waals surface area contributed by atoms with E-state index < -0.39 is 5.82 Å². The van der Waals surface area contributed by atoms with Crippen molar-refractivity contribution >= 4 is 27.5 Å². The Bertz CT molecular complexity index is 631. The Morgan fingerprint density at radius 2 is 2.10 bits per heavy atom. The van der Waals surface area contributed by atoms with Crippen LogP contribution in [0.15, 0.2) is 46.9 Å². The fourth-order valence-corrected chi connectivity index (χ4v) is 1.88. The van der Waals surface area contributed by atoms with E-state index in [1.165, 1.54) is 12.1 Å². The molecular weight excluding hydrogens is 325 g/mol. The van der Waals surface area contributed by atoms with E-state index in [2.05, 4.69) is 21.2 Å². The van der Waals surface area contributed by atoms with Gasteiger partial charge in [-0.1, -0.05) is 12.1 Å². The van der Waals surface area contributed by atoms with Gasteiger partial charge < -0.3 is 10.1 Å². The quantitative estimate of drug-likeness (QED) is 0.918. The molecule has 1 N–H and O–H groups in total. The van der Waals surface area contributed by atoms with Crippen LogP contribution in [-0.4, -0.2) is 12.5 Å². The van der Waals surface area contributed by atoms with E-state index in [-0.39, 0.29) is 12.5 Å². The topological polar surface area (TPSA) is 38.3 Å². The van der Waals surface area contributed by atoms with Gasteiger partial charge in [-0.2, -0.15) is 0 Å². The Morgan fingerprint density at radius 1 is 1.30 bits per heavy atom. The van der Waals surface area contributed by atoms with Crippen molar-refractivity contribution in [3.8, 4) is 5.75 Å². The molecule has 0 saturated heterocycles. The lowest BCUT2D eigenvalue weighted by Crippen LogP contribution is -2.20. The number of hydrogen-bond donors (Lipinski definition) is 1. The summed E-state index contributed by atoms with van der Waals surface area (Å²) in [7, 11) is 0. The highest BCUT2D eigenvalue weighted by Crippen LogP contribution is 2.20. The molecule has 5 heteroatoms. The highest BCUT2D eigenvalue weighted by Gasteiger charge is 2.06. The van der Waals surface area contributed by atoms with Crippen LogP contribution in [0, 0.1) is 12.7 Å². The van der Waals surface area contributed by atoms with Gasteiger partial charge in [0.1, 0.15) is 11.6 Å². The number of anilines is 1. The van der Waals surface area contributed by atoms with Crippen LogP contribution in [0.2, 0.25) is 0 Å². The number of amides is 1. The first kappa shape index (κ1) is 14.5. The first-order chi connectivity index (χ1) is 9.54. The number of rotatable bonds is 4.